The molecule has 1 amide bonds. The van der Waals surface area contributed by atoms with E-state index in [1.54, 1.807) is 0 Å². The molecule has 0 spiro atoms. The highest BCUT2D eigenvalue weighted by molar-refractivity contribution is 5.97. The van der Waals surface area contributed by atoms with Gasteiger partial charge in [0.05, 0.1) is 5.56 Å². The summed E-state index contributed by atoms with van der Waals surface area (Å²) in [4.78, 5) is 14.3. The fourth-order valence-electron chi connectivity index (χ4n) is 2.39. The van der Waals surface area contributed by atoms with Gasteiger partial charge in [-0.05, 0) is 45.0 Å². The van der Waals surface area contributed by atoms with Gasteiger partial charge in [0.25, 0.3) is 5.91 Å². The number of benzene rings is 1. The monoisotopic (exact) mass is 264 g/mol. The molecule has 0 radical (unpaired) electrons. The van der Waals surface area contributed by atoms with Crippen LogP contribution in [-0.2, 0) is 0 Å². The SMILES string of the molecule is CC1CC(NC(=O)c2cc(O)ccc2O)CCN1C. The third-order valence-electron chi connectivity index (χ3n) is 3.77. The van der Waals surface area contributed by atoms with Crippen LogP contribution in [0.2, 0.25) is 0 Å². The highest BCUT2D eigenvalue weighted by atomic mass is 16.3. The molecule has 1 fully saturated rings. The van der Waals surface area contributed by atoms with Crippen LogP contribution in [0.15, 0.2) is 18.2 Å². The fraction of sp³-hybridized carbons (Fsp3) is 0.500. The predicted octanol–water partition coefficient (Wildman–Crippen LogP) is 1.31. The van der Waals surface area contributed by atoms with Crippen LogP contribution >= 0.6 is 0 Å². The average Bonchev–Trinajstić information content (AvgIpc) is 2.36. The minimum atomic E-state index is -0.338. The first-order chi connectivity index (χ1) is 8.97. The van der Waals surface area contributed by atoms with E-state index in [9.17, 15) is 15.0 Å². The van der Waals surface area contributed by atoms with Crippen molar-refractivity contribution < 1.29 is 15.0 Å². The van der Waals surface area contributed by atoms with E-state index < -0.39 is 0 Å². The lowest BCUT2D eigenvalue weighted by molar-refractivity contribution is 0.0893. The van der Waals surface area contributed by atoms with Crippen molar-refractivity contribution in [1.82, 2.24) is 10.2 Å². The molecule has 0 bridgehead atoms. The molecule has 1 heterocycles. The van der Waals surface area contributed by atoms with Crippen molar-refractivity contribution in [2.45, 2.75) is 31.8 Å². The molecule has 5 nitrogen and oxygen atoms in total. The summed E-state index contributed by atoms with van der Waals surface area (Å²) in [5.74, 6) is -0.480. The van der Waals surface area contributed by atoms with E-state index in [1.807, 2.05) is 0 Å². The summed E-state index contributed by atoms with van der Waals surface area (Å²) in [5, 5.41) is 21.9. The Labute approximate surface area is 112 Å². The van der Waals surface area contributed by atoms with Crippen molar-refractivity contribution >= 4 is 5.91 Å². The van der Waals surface area contributed by atoms with Gasteiger partial charge in [0, 0.05) is 18.6 Å². The Hall–Kier alpha value is -1.75. The molecule has 1 aromatic rings. The number of amides is 1. The number of aromatic hydroxyl groups is 2. The largest absolute Gasteiger partial charge is 0.508 e. The number of piperidine rings is 1. The van der Waals surface area contributed by atoms with Gasteiger partial charge in [0.1, 0.15) is 11.5 Å². The van der Waals surface area contributed by atoms with Gasteiger partial charge in [-0.2, -0.15) is 0 Å². The third kappa shape index (κ3) is 3.17. The zero-order valence-electron chi connectivity index (χ0n) is 11.3. The number of hydrogen-bond acceptors (Lipinski definition) is 4. The molecule has 0 aliphatic carbocycles. The highest BCUT2D eigenvalue weighted by Crippen LogP contribution is 2.23. The summed E-state index contributed by atoms with van der Waals surface area (Å²) in [5.41, 5.74) is 0.117. The van der Waals surface area contributed by atoms with Crippen LogP contribution in [0.1, 0.15) is 30.1 Å². The fourth-order valence-corrected chi connectivity index (χ4v) is 2.39. The molecule has 2 rings (SSSR count). The summed E-state index contributed by atoms with van der Waals surface area (Å²) in [6.07, 6.45) is 1.79. The number of phenolic OH excluding ortho intramolecular Hbond substituents is 2. The maximum Gasteiger partial charge on any atom is 0.255 e. The number of likely N-dealkylation sites (tertiary alicyclic amines) is 1. The number of carbonyl (C=O) groups is 1. The maximum atomic E-state index is 12.1. The van der Waals surface area contributed by atoms with E-state index in [2.05, 4.69) is 24.2 Å². The zero-order valence-corrected chi connectivity index (χ0v) is 11.3. The van der Waals surface area contributed by atoms with E-state index in [4.69, 9.17) is 0 Å². The average molecular weight is 264 g/mol. The number of hydrogen-bond donors (Lipinski definition) is 3. The molecular weight excluding hydrogens is 244 g/mol. The Kier molecular flexibility index (Phi) is 3.95. The van der Waals surface area contributed by atoms with Crippen molar-refractivity contribution in [2.75, 3.05) is 13.6 Å². The van der Waals surface area contributed by atoms with Gasteiger partial charge >= 0.3 is 0 Å². The summed E-state index contributed by atoms with van der Waals surface area (Å²) >= 11 is 0. The molecule has 2 unspecified atom stereocenters. The first kappa shape index (κ1) is 13.7. The second-order valence-electron chi connectivity index (χ2n) is 5.23. The van der Waals surface area contributed by atoms with Crippen LogP contribution in [0, 0.1) is 0 Å². The van der Waals surface area contributed by atoms with E-state index in [0.717, 1.165) is 19.4 Å². The van der Waals surface area contributed by atoms with E-state index in [-0.39, 0.29) is 29.0 Å². The van der Waals surface area contributed by atoms with Gasteiger partial charge < -0.3 is 20.4 Å². The summed E-state index contributed by atoms with van der Waals surface area (Å²) < 4.78 is 0. The number of nitrogens with one attached hydrogen (secondary N) is 1. The lowest BCUT2D eigenvalue weighted by Gasteiger charge is -2.35. The van der Waals surface area contributed by atoms with Gasteiger partial charge in [0.15, 0.2) is 0 Å². The normalized spacial score (nSPS) is 24.1. The molecule has 19 heavy (non-hydrogen) atoms. The quantitative estimate of drug-likeness (QED) is 0.704. The molecule has 1 saturated heterocycles. The number of carbonyl (C=O) groups excluding carboxylic acids is 1. The first-order valence-corrected chi connectivity index (χ1v) is 6.50. The zero-order chi connectivity index (χ0) is 14.0. The molecule has 1 aromatic carbocycles. The minimum absolute atomic E-state index is 0.0281. The van der Waals surface area contributed by atoms with Crippen LogP contribution < -0.4 is 5.32 Å². The van der Waals surface area contributed by atoms with Crippen LogP contribution in [0.25, 0.3) is 0 Å². The summed E-state index contributed by atoms with van der Waals surface area (Å²) in [6, 6.07) is 4.49. The van der Waals surface area contributed by atoms with Gasteiger partial charge in [-0.25, -0.2) is 0 Å². The van der Waals surface area contributed by atoms with Crippen LogP contribution in [0.4, 0.5) is 0 Å². The predicted molar refractivity (Wildman–Crippen MR) is 72.4 cm³/mol. The van der Waals surface area contributed by atoms with E-state index in [1.165, 1.54) is 18.2 Å². The second-order valence-corrected chi connectivity index (χ2v) is 5.23. The molecule has 3 N–H and O–H groups in total. The topological polar surface area (TPSA) is 72.8 Å². The van der Waals surface area contributed by atoms with Gasteiger partial charge in [-0.1, -0.05) is 0 Å². The van der Waals surface area contributed by atoms with E-state index >= 15 is 0 Å². The number of phenols is 2. The van der Waals surface area contributed by atoms with E-state index in [0.29, 0.717) is 6.04 Å². The Morgan fingerprint density at radius 2 is 2.16 bits per heavy atom. The summed E-state index contributed by atoms with van der Waals surface area (Å²) in [6.45, 7) is 3.07. The van der Waals surface area contributed by atoms with Crippen molar-refractivity contribution in [3.8, 4) is 11.5 Å². The minimum Gasteiger partial charge on any atom is -0.508 e. The number of rotatable bonds is 2. The molecule has 5 heteroatoms. The van der Waals surface area contributed by atoms with Crippen LogP contribution in [0.5, 0.6) is 11.5 Å². The third-order valence-corrected chi connectivity index (χ3v) is 3.77. The Morgan fingerprint density at radius 1 is 1.42 bits per heavy atom. The highest BCUT2D eigenvalue weighted by Gasteiger charge is 2.25. The number of nitrogens with zero attached hydrogens (tertiary/aromatic N) is 1. The van der Waals surface area contributed by atoms with Crippen LogP contribution in [0.3, 0.4) is 0 Å². The molecule has 104 valence electrons. The Balaban J connectivity index is 2.03. The molecular formula is C14H20N2O3. The lowest BCUT2D eigenvalue weighted by atomic mass is 9.98. The standard InChI is InChI=1S/C14H20N2O3/c1-9-7-10(5-6-16(9)2)15-14(19)12-8-11(17)3-4-13(12)18/h3-4,8-10,17-18H,5-7H2,1-2H3,(H,15,19). The van der Waals surface area contributed by atoms with Crippen molar-refractivity contribution in [3.63, 3.8) is 0 Å². The lowest BCUT2D eigenvalue weighted by Crippen LogP contribution is -2.47. The maximum absolute atomic E-state index is 12.1. The van der Waals surface area contributed by atoms with Crippen LogP contribution in [-0.4, -0.2) is 46.7 Å². The van der Waals surface area contributed by atoms with Gasteiger partial charge in [0.2, 0.25) is 0 Å². The summed E-state index contributed by atoms with van der Waals surface area (Å²) in [7, 11) is 2.07. The Morgan fingerprint density at radius 3 is 2.84 bits per heavy atom. The molecule has 1 aliphatic heterocycles. The second kappa shape index (κ2) is 5.48. The van der Waals surface area contributed by atoms with Gasteiger partial charge in [-0.15, -0.1) is 0 Å². The van der Waals surface area contributed by atoms with Crippen molar-refractivity contribution in [2.24, 2.45) is 0 Å². The van der Waals surface area contributed by atoms with Gasteiger partial charge in [-0.3, -0.25) is 4.79 Å². The molecule has 0 saturated carbocycles. The van der Waals surface area contributed by atoms with Crippen molar-refractivity contribution in [3.05, 3.63) is 23.8 Å². The smallest absolute Gasteiger partial charge is 0.255 e. The molecule has 2 atom stereocenters. The van der Waals surface area contributed by atoms with Crippen molar-refractivity contribution in [1.29, 1.82) is 0 Å². The molecule has 1 aliphatic rings. The Bertz CT molecular complexity index is 476. The first-order valence-electron chi connectivity index (χ1n) is 6.50. The molecule has 0 aromatic heterocycles.